The van der Waals surface area contributed by atoms with E-state index in [1.807, 2.05) is 30.3 Å². The number of hydrogen-bond acceptors (Lipinski definition) is 4. The SMILES string of the molecule is CP(C)(=O)c1ccc(-c2ccc(-c3c4oc5ccccc5c4nc4c3sc3ccccc34)cc2)cc1. The van der Waals surface area contributed by atoms with Crippen LogP contribution in [0.1, 0.15) is 0 Å². The van der Waals surface area contributed by atoms with E-state index in [1.54, 1.807) is 24.7 Å². The van der Waals surface area contributed by atoms with Crippen LogP contribution in [-0.2, 0) is 4.57 Å². The van der Waals surface area contributed by atoms with Crippen LogP contribution in [0.25, 0.3) is 64.6 Å². The highest BCUT2D eigenvalue weighted by Gasteiger charge is 2.21. The summed E-state index contributed by atoms with van der Waals surface area (Å²) >= 11 is 1.76. The first-order valence-corrected chi connectivity index (χ1v) is 15.3. The van der Waals surface area contributed by atoms with Crippen molar-refractivity contribution in [2.24, 2.45) is 0 Å². The lowest BCUT2D eigenvalue weighted by molar-refractivity contribution is 0.588. The molecule has 0 aliphatic carbocycles. The Bertz CT molecular complexity index is 1890. The molecule has 0 amide bonds. The third-order valence-electron chi connectivity index (χ3n) is 6.81. The third kappa shape index (κ3) is 3.33. The van der Waals surface area contributed by atoms with Crippen LogP contribution in [0.3, 0.4) is 0 Å². The fraction of sp³-hybridized carbons (Fsp3) is 0.0645. The molecule has 3 nitrogen and oxygen atoms in total. The second-order valence-corrected chi connectivity index (χ2v) is 13.8. The predicted octanol–water partition coefficient (Wildman–Crippen LogP) is 8.93. The van der Waals surface area contributed by atoms with E-state index in [2.05, 4.69) is 66.7 Å². The number of benzene rings is 4. The van der Waals surface area contributed by atoms with Crippen molar-refractivity contribution in [1.82, 2.24) is 4.98 Å². The van der Waals surface area contributed by atoms with Crippen molar-refractivity contribution in [1.29, 1.82) is 0 Å². The summed E-state index contributed by atoms with van der Waals surface area (Å²) in [5, 5.41) is 3.11. The molecule has 4 aromatic carbocycles. The summed E-state index contributed by atoms with van der Waals surface area (Å²) in [6.07, 6.45) is 0. The van der Waals surface area contributed by atoms with E-state index in [-0.39, 0.29) is 0 Å². The number of thiophene rings is 1. The van der Waals surface area contributed by atoms with E-state index in [9.17, 15) is 4.57 Å². The van der Waals surface area contributed by atoms with Crippen molar-refractivity contribution in [3.63, 3.8) is 0 Å². The molecule has 0 aliphatic heterocycles. The molecule has 0 atom stereocenters. The van der Waals surface area contributed by atoms with Gasteiger partial charge in [-0.05, 0) is 48.2 Å². The van der Waals surface area contributed by atoms with Gasteiger partial charge in [0.15, 0.2) is 5.58 Å². The van der Waals surface area contributed by atoms with Crippen molar-refractivity contribution in [2.75, 3.05) is 13.3 Å². The molecule has 0 N–H and O–H groups in total. The Kier molecular flexibility index (Phi) is 4.73. The lowest BCUT2D eigenvalue weighted by Crippen LogP contribution is -2.01. The normalized spacial score (nSPS) is 12.3. The number of nitrogens with zero attached hydrogens (tertiary/aromatic N) is 1. The van der Waals surface area contributed by atoms with Crippen LogP contribution in [0, 0.1) is 0 Å². The Morgan fingerprint density at radius 3 is 2.03 bits per heavy atom. The van der Waals surface area contributed by atoms with Gasteiger partial charge in [0, 0.05) is 26.3 Å². The van der Waals surface area contributed by atoms with Crippen LogP contribution >= 0.6 is 18.5 Å². The second-order valence-electron chi connectivity index (χ2n) is 9.51. The first kappa shape index (κ1) is 21.6. The molecule has 0 saturated heterocycles. The van der Waals surface area contributed by atoms with Gasteiger partial charge < -0.3 is 8.98 Å². The zero-order valence-corrected chi connectivity index (χ0v) is 21.6. The van der Waals surface area contributed by atoms with E-state index < -0.39 is 7.14 Å². The van der Waals surface area contributed by atoms with Gasteiger partial charge in [0.25, 0.3) is 0 Å². The second kappa shape index (κ2) is 7.89. The Labute approximate surface area is 212 Å². The molecule has 3 heterocycles. The average Bonchev–Trinajstić information content (AvgIpc) is 3.45. The van der Waals surface area contributed by atoms with Gasteiger partial charge in [-0.3, -0.25) is 0 Å². The summed E-state index contributed by atoms with van der Waals surface area (Å²) < 4.78 is 21.2. The summed E-state index contributed by atoms with van der Waals surface area (Å²) in [7, 11) is -2.26. The number of para-hydroxylation sites is 1. The standard InChI is InChI=1S/C31H22NO2PS/c1-35(2,33)22-17-15-20(16-18-22)19-11-13-21(14-12-19)27-30-28(23-7-3-5-9-25(23)34-30)32-29-24-8-4-6-10-26(24)36-31(27)29/h3-18H,1-2H3. The number of rotatable bonds is 3. The molecule has 7 aromatic rings. The van der Waals surface area contributed by atoms with Crippen molar-refractivity contribution in [2.45, 2.75) is 0 Å². The van der Waals surface area contributed by atoms with Crippen LogP contribution in [-0.4, -0.2) is 18.3 Å². The minimum absolute atomic E-state index is 0.828. The minimum atomic E-state index is -2.26. The fourth-order valence-corrected chi connectivity index (χ4v) is 7.02. The van der Waals surface area contributed by atoms with Crippen LogP contribution in [0.4, 0.5) is 0 Å². The van der Waals surface area contributed by atoms with Crippen molar-refractivity contribution in [3.8, 4) is 22.3 Å². The Morgan fingerprint density at radius 2 is 1.31 bits per heavy atom. The minimum Gasteiger partial charge on any atom is -0.454 e. The highest BCUT2D eigenvalue weighted by atomic mass is 32.1. The third-order valence-corrected chi connectivity index (χ3v) is 9.53. The first-order chi connectivity index (χ1) is 17.5. The van der Waals surface area contributed by atoms with Gasteiger partial charge in [-0.2, -0.15) is 0 Å². The highest BCUT2D eigenvalue weighted by molar-refractivity contribution is 7.70. The van der Waals surface area contributed by atoms with Gasteiger partial charge in [-0.15, -0.1) is 11.3 Å². The number of furan rings is 1. The first-order valence-electron chi connectivity index (χ1n) is 11.9. The molecule has 3 aromatic heterocycles. The molecule has 7 rings (SSSR count). The van der Waals surface area contributed by atoms with Gasteiger partial charge >= 0.3 is 0 Å². The topological polar surface area (TPSA) is 43.1 Å². The van der Waals surface area contributed by atoms with Gasteiger partial charge in [0.2, 0.25) is 0 Å². The zero-order valence-electron chi connectivity index (χ0n) is 19.9. The van der Waals surface area contributed by atoms with E-state index in [4.69, 9.17) is 9.40 Å². The molecule has 0 bridgehead atoms. The van der Waals surface area contributed by atoms with Crippen LogP contribution < -0.4 is 5.30 Å². The number of aromatic nitrogens is 1. The number of pyridine rings is 1. The monoisotopic (exact) mass is 503 g/mol. The van der Waals surface area contributed by atoms with Gasteiger partial charge in [-0.1, -0.05) is 78.9 Å². The molecule has 0 unspecified atom stereocenters. The molecule has 174 valence electrons. The Hall–Kier alpha value is -3.72. The molecular weight excluding hydrogens is 481 g/mol. The van der Waals surface area contributed by atoms with E-state index in [0.717, 1.165) is 59.8 Å². The maximum atomic E-state index is 12.4. The van der Waals surface area contributed by atoms with Gasteiger partial charge in [0.1, 0.15) is 18.2 Å². The number of hydrogen-bond donors (Lipinski definition) is 0. The predicted molar refractivity (Wildman–Crippen MR) is 154 cm³/mol. The van der Waals surface area contributed by atoms with Crippen molar-refractivity contribution < 1.29 is 8.98 Å². The van der Waals surface area contributed by atoms with Crippen LogP contribution in [0.15, 0.2) is 101 Å². The van der Waals surface area contributed by atoms with Crippen molar-refractivity contribution in [3.05, 3.63) is 97.1 Å². The smallest absolute Gasteiger partial charge is 0.163 e. The van der Waals surface area contributed by atoms with E-state index in [0.29, 0.717) is 0 Å². The molecule has 5 heteroatoms. The zero-order chi connectivity index (χ0) is 24.4. The molecule has 0 radical (unpaired) electrons. The summed E-state index contributed by atoms with van der Waals surface area (Å²) in [5.74, 6) is 0. The summed E-state index contributed by atoms with van der Waals surface area (Å²) in [4.78, 5) is 5.13. The largest absolute Gasteiger partial charge is 0.454 e. The van der Waals surface area contributed by atoms with Gasteiger partial charge in [0.05, 0.1) is 10.2 Å². The van der Waals surface area contributed by atoms with E-state index in [1.165, 1.54) is 10.1 Å². The summed E-state index contributed by atoms with van der Waals surface area (Å²) in [5.41, 5.74) is 8.02. The molecular formula is C31H22NO2PS. The Balaban J connectivity index is 1.45. The van der Waals surface area contributed by atoms with E-state index >= 15 is 0 Å². The van der Waals surface area contributed by atoms with Gasteiger partial charge in [-0.25, -0.2) is 4.98 Å². The lowest BCUT2D eigenvalue weighted by Gasteiger charge is -2.09. The molecule has 0 aliphatic rings. The summed E-state index contributed by atoms with van der Waals surface area (Å²) in [6.45, 7) is 3.61. The summed E-state index contributed by atoms with van der Waals surface area (Å²) in [6, 6.07) is 33.3. The average molecular weight is 504 g/mol. The highest BCUT2D eigenvalue weighted by Crippen LogP contribution is 2.45. The maximum Gasteiger partial charge on any atom is 0.163 e. The Morgan fingerprint density at radius 1 is 0.694 bits per heavy atom. The van der Waals surface area contributed by atoms with Crippen LogP contribution in [0.5, 0.6) is 0 Å². The number of fused-ring (bicyclic) bond motifs is 6. The fourth-order valence-electron chi connectivity index (χ4n) is 4.94. The molecule has 0 fully saturated rings. The maximum absolute atomic E-state index is 12.4. The van der Waals surface area contributed by atoms with Crippen LogP contribution in [0.2, 0.25) is 0 Å². The molecule has 36 heavy (non-hydrogen) atoms. The molecule has 0 spiro atoms. The molecule has 0 saturated carbocycles. The van der Waals surface area contributed by atoms with Crippen molar-refractivity contribution >= 4 is 66.2 Å². The lowest BCUT2D eigenvalue weighted by atomic mass is 9.99. The quantitative estimate of drug-likeness (QED) is 0.226.